The van der Waals surface area contributed by atoms with Crippen LogP contribution in [0.3, 0.4) is 0 Å². The molecule has 6 heteroatoms. The van der Waals surface area contributed by atoms with Crippen LogP contribution in [0, 0.1) is 0 Å². The lowest BCUT2D eigenvalue weighted by atomic mass is 10.2. The minimum atomic E-state index is 0.151. The zero-order valence-corrected chi connectivity index (χ0v) is 14.1. The van der Waals surface area contributed by atoms with E-state index in [1.54, 1.807) is 12.4 Å². The largest absolute Gasteiger partial charge is 0.365 e. The zero-order valence-electron chi connectivity index (χ0n) is 14.1. The second-order valence-electron chi connectivity index (χ2n) is 7.23. The average molecular weight is 335 g/mol. The Bertz CT molecular complexity index is 818. The van der Waals surface area contributed by atoms with Crippen LogP contribution in [0.25, 0.3) is 11.4 Å². The van der Waals surface area contributed by atoms with Crippen LogP contribution in [0.4, 0.5) is 5.82 Å². The van der Waals surface area contributed by atoms with Gasteiger partial charge in [-0.15, -0.1) is 0 Å². The summed E-state index contributed by atoms with van der Waals surface area (Å²) in [5.41, 5.74) is 3.36. The number of carbonyl (C=O) groups is 1. The number of hydrogen-bond acceptors (Lipinski definition) is 5. The van der Waals surface area contributed by atoms with Crippen LogP contribution >= 0.6 is 0 Å². The van der Waals surface area contributed by atoms with Crippen molar-refractivity contribution in [3.63, 3.8) is 0 Å². The molecule has 3 heterocycles. The zero-order chi connectivity index (χ0) is 16.8. The number of hydrogen-bond donors (Lipinski definition) is 1. The first kappa shape index (κ1) is 14.8. The molecule has 2 aromatic heterocycles. The maximum atomic E-state index is 12.2. The Balaban J connectivity index is 1.44. The summed E-state index contributed by atoms with van der Waals surface area (Å²) in [5.74, 6) is 1.94. The van der Waals surface area contributed by atoms with Crippen molar-refractivity contribution >= 4 is 11.7 Å². The summed E-state index contributed by atoms with van der Waals surface area (Å²) >= 11 is 0. The minimum absolute atomic E-state index is 0.151. The highest BCUT2D eigenvalue weighted by molar-refractivity contribution is 5.80. The Labute approximate surface area is 146 Å². The van der Waals surface area contributed by atoms with E-state index in [-0.39, 0.29) is 11.9 Å². The molecule has 1 saturated heterocycles. The molecule has 0 unspecified atom stereocenters. The average Bonchev–Trinajstić information content (AvgIpc) is 3.24. The Morgan fingerprint density at radius 2 is 1.96 bits per heavy atom. The first-order chi connectivity index (χ1) is 12.3. The van der Waals surface area contributed by atoms with Crippen LogP contribution in [0.2, 0.25) is 0 Å². The van der Waals surface area contributed by atoms with E-state index in [2.05, 4.69) is 10.3 Å². The summed E-state index contributed by atoms with van der Waals surface area (Å²) in [6, 6.07) is 4.52. The third kappa shape index (κ3) is 2.75. The molecular formula is C19H21N5O. The van der Waals surface area contributed by atoms with E-state index >= 15 is 0 Å². The van der Waals surface area contributed by atoms with Crippen molar-refractivity contribution in [1.29, 1.82) is 0 Å². The van der Waals surface area contributed by atoms with Crippen LogP contribution in [0.5, 0.6) is 0 Å². The summed E-state index contributed by atoms with van der Waals surface area (Å²) < 4.78 is 0. The third-order valence-electron chi connectivity index (χ3n) is 5.36. The summed E-state index contributed by atoms with van der Waals surface area (Å²) in [6.45, 7) is 0.798. The lowest BCUT2D eigenvalue weighted by Crippen LogP contribution is -2.30. The maximum absolute atomic E-state index is 12.2. The van der Waals surface area contributed by atoms with Crippen molar-refractivity contribution in [3.05, 3.63) is 35.8 Å². The van der Waals surface area contributed by atoms with Gasteiger partial charge in [0.15, 0.2) is 5.82 Å². The summed E-state index contributed by atoms with van der Waals surface area (Å²) in [4.78, 5) is 27.9. The fourth-order valence-corrected chi connectivity index (χ4v) is 3.94. The van der Waals surface area contributed by atoms with E-state index < -0.39 is 0 Å². The number of anilines is 1. The molecule has 5 rings (SSSR count). The van der Waals surface area contributed by atoms with Crippen molar-refractivity contribution in [2.24, 2.45) is 0 Å². The first-order valence-electron chi connectivity index (χ1n) is 9.14. The van der Waals surface area contributed by atoms with Crippen molar-refractivity contribution in [1.82, 2.24) is 19.9 Å². The van der Waals surface area contributed by atoms with Crippen LogP contribution in [0.15, 0.2) is 24.5 Å². The molecular weight excluding hydrogens is 314 g/mol. The van der Waals surface area contributed by atoms with Crippen molar-refractivity contribution in [2.45, 2.75) is 50.6 Å². The summed E-state index contributed by atoms with van der Waals surface area (Å²) in [7, 11) is 0. The van der Waals surface area contributed by atoms with E-state index in [1.807, 2.05) is 17.0 Å². The van der Waals surface area contributed by atoms with Crippen molar-refractivity contribution < 1.29 is 4.79 Å². The summed E-state index contributed by atoms with van der Waals surface area (Å²) in [6.07, 6.45) is 9.56. The highest BCUT2D eigenvalue weighted by Gasteiger charge is 2.39. The Morgan fingerprint density at radius 3 is 2.76 bits per heavy atom. The van der Waals surface area contributed by atoms with Crippen LogP contribution in [-0.2, 0) is 17.6 Å². The lowest BCUT2D eigenvalue weighted by molar-refractivity contribution is -0.128. The van der Waals surface area contributed by atoms with Gasteiger partial charge in [0.25, 0.3) is 0 Å². The number of fused-ring (bicyclic) bond motifs is 1. The standard InChI is InChI=1S/C19H21N5O/c25-17-10-13(11-24(17)14-4-5-14)21-19-15-2-1-3-16(15)22-18(23-19)12-6-8-20-9-7-12/h6-9,13-14H,1-5,10-11H2,(H,21,22,23)/t13-/m1/s1. The SMILES string of the molecule is O=C1C[C@@H](Nc2nc(-c3ccncc3)nc3c2CCC3)CN1C1CC1. The Morgan fingerprint density at radius 1 is 1.12 bits per heavy atom. The van der Waals surface area contributed by atoms with Gasteiger partial charge in [0.1, 0.15) is 5.82 Å². The Kier molecular flexibility index (Phi) is 3.43. The second-order valence-corrected chi connectivity index (χ2v) is 7.23. The minimum Gasteiger partial charge on any atom is -0.365 e. The highest BCUT2D eigenvalue weighted by Crippen LogP contribution is 2.33. The molecule has 2 aromatic rings. The second kappa shape index (κ2) is 5.79. The molecule has 3 aliphatic rings. The number of aryl methyl sites for hydroxylation is 1. The van der Waals surface area contributed by atoms with E-state index in [1.165, 1.54) is 5.56 Å². The molecule has 0 radical (unpaired) electrons. The topological polar surface area (TPSA) is 71.0 Å². The van der Waals surface area contributed by atoms with E-state index in [4.69, 9.17) is 9.97 Å². The van der Waals surface area contributed by atoms with Gasteiger partial charge < -0.3 is 10.2 Å². The molecule has 1 N–H and O–H groups in total. The molecule has 25 heavy (non-hydrogen) atoms. The third-order valence-corrected chi connectivity index (χ3v) is 5.36. The van der Waals surface area contributed by atoms with Gasteiger partial charge in [-0.3, -0.25) is 9.78 Å². The van der Waals surface area contributed by atoms with Gasteiger partial charge in [0, 0.05) is 48.2 Å². The molecule has 1 amide bonds. The van der Waals surface area contributed by atoms with Crippen molar-refractivity contribution in [2.75, 3.05) is 11.9 Å². The number of pyridine rings is 1. The van der Waals surface area contributed by atoms with Crippen LogP contribution < -0.4 is 5.32 Å². The monoisotopic (exact) mass is 335 g/mol. The number of likely N-dealkylation sites (tertiary alicyclic amines) is 1. The molecule has 1 aliphatic heterocycles. The van der Waals surface area contributed by atoms with Gasteiger partial charge in [0.2, 0.25) is 5.91 Å². The van der Waals surface area contributed by atoms with E-state index in [9.17, 15) is 4.79 Å². The van der Waals surface area contributed by atoms with Gasteiger partial charge in [0.05, 0.1) is 6.04 Å². The first-order valence-corrected chi connectivity index (χ1v) is 9.14. The molecule has 1 saturated carbocycles. The quantitative estimate of drug-likeness (QED) is 0.927. The van der Waals surface area contributed by atoms with E-state index in [0.29, 0.717) is 12.5 Å². The smallest absolute Gasteiger partial charge is 0.225 e. The fraction of sp³-hybridized carbons (Fsp3) is 0.474. The lowest BCUT2D eigenvalue weighted by Gasteiger charge is -2.18. The van der Waals surface area contributed by atoms with E-state index in [0.717, 1.165) is 61.5 Å². The van der Waals surface area contributed by atoms with Gasteiger partial charge in [-0.05, 0) is 44.2 Å². The molecule has 0 spiro atoms. The van der Waals surface area contributed by atoms with Crippen molar-refractivity contribution in [3.8, 4) is 11.4 Å². The van der Waals surface area contributed by atoms with Gasteiger partial charge >= 0.3 is 0 Å². The number of carbonyl (C=O) groups excluding carboxylic acids is 1. The predicted octanol–water partition coefficient (Wildman–Crippen LogP) is 2.20. The van der Waals surface area contributed by atoms with Gasteiger partial charge in [-0.25, -0.2) is 9.97 Å². The fourth-order valence-electron chi connectivity index (χ4n) is 3.94. The molecule has 0 bridgehead atoms. The predicted molar refractivity (Wildman–Crippen MR) is 94.1 cm³/mol. The number of aromatic nitrogens is 3. The molecule has 2 fully saturated rings. The highest BCUT2D eigenvalue weighted by atomic mass is 16.2. The molecule has 128 valence electrons. The molecule has 0 aromatic carbocycles. The summed E-state index contributed by atoms with van der Waals surface area (Å²) in [5, 5.41) is 3.57. The number of nitrogens with zero attached hydrogens (tertiary/aromatic N) is 4. The number of nitrogens with one attached hydrogen (secondary N) is 1. The number of rotatable bonds is 4. The van der Waals surface area contributed by atoms with Crippen LogP contribution in [-0.4, -0.2) is 44.4 Å². The molecule has 2 aliphatic carbocycles. The Hall–Kier alpha value is -2.50. The number of amides is 1. The van der Waals surface area contributed by atoms with Crippen LogP contribution in [0.1, 0.15) is 36.9 Å². The van der Waals surface area contributed by atoms with Gasteiger partial charge in [-0.1, -0.05) is 0 Å². The molecule has 1 atom stereocenters. The normalized spacial score (nSPS) is 22.3. The van der Waals surface area contributed by atoms with Gasteiger partial charge in [-0.2, -0.15) is 0 Å². The molecule has 6 nitrogen and oxygen atoms in total. The maximum Gasteiger partial charge on any atom is 0.225 e.